The summed E-state index contributed by atoms with van der Waals surface area (Å²) in [5.74, 6) is 2.61. The second-order valence-corrected chi connectivity index (χ2v) is 4.50. The molecule has 0 N–H and O–H groups in total. The number of hydrogen-bond donors (Lipinski definition) is 0. The first-order chi connectivity index (χ1) is 5.79. The van der Waals surface area contributed by atoms with Gasteiger partial charge in [-0.3, -0.25) is 0 Å². The Morgan fingerprint density at radius 1 is 1.50 bits per heavy atom. The van der Waals surface area contributed by atoms with Crippen molar-refractivity contribution in [2.45, 2.75) is 19.8 Å². The topological polar surface area (TPSA) is 3.24 Å². The molecule has 1 nitrogen and oxygen atoms in total. The van der Waals surface area contributed by atoms with Gasteiger partial charge in [0.1, 0.15) is 0 Å². The van der Waals surface area contributed by atoms with Crippen LogP contribution < -0.4 is 0 Å². The Kier molecular flexibility index (Phi) is 2.22. The van der Waals surface area contributed by atoms with Crippen LogP contribution in [0.2, 0.25) is 0 Å². The van der Waals surface area contributed by atoms with Gasteiger partial charge in [-0.1, -0.05) is 13.0 Å². The third-order valence-electron chi connectivity index (χ3n) is 3.61. The van der Waals surface area contributed by atoms with Gasteiger partial charge in [-0.15, -0.1) is 6.58 Å². The van der Waals surface area contributed by atoms with Crippen LogP contribution in [0.5, 0.6) is 0 Å². The number of nitrogens with zero attached hydrogens (tertiary/aromatic N) is 1. The quantitative estimate of drug-likeness (QED) is 0.567. The molecule has 0 saturated carbocycles. The SMILES string of the molecule is C=CC(C)C1CC2CCN(C2)C1. The van der Waals surface area contributed by atoms with E-state index in [1.807, 2.05) is 0 Å². The predicted molar refractivity (Wildman–Crippen MR) is 52.0 cm³/mol. The van der Waals surface area contributed by atoms with Crippen LogP contribution in [0, 0.1) is 17.8 Å². The molecular weight excluding hydrogens is 146 g/mol. The lowest BCUT2D eigenvalue weighted by Gasteiger charge is -2.32. The highest BCUT2D eigenvalue weighted by molar-refractivity contribution is 4.91. The van der Waals surface area contributed by atoms with E-state index in [0.29, 0.717) is 5.92 Å². The molecule has 1 heteroatoms. The Morgan fingerprint density at radius 3 is 3.00 bits per heavy atom. The molecular formula is C11H19N. The van der Waals surface area contributed by atoms with E-state index in [1.165, 1.54) is 32.5 Å². The first-order valence-electron chi connectivity index (χ1n) is 5.14. The highest BCUT2D eigenvalue weighted by Gasteiger charge is 2.33. The number of rotatable bonds is 2. The summed E-state index contributed by atoms with van der Waals surface area (Å²) in [7, 11) is 0. The minimum absolute atomic E-state index is 0.716. The van der Waals surface area contributed by atoms with Crippen molar-refractivity contribution < 1.29 is 0 Å². The molecule has 0 amide bonds. The van der Waals surface area contributed by atoms with Crippen LogP contribution in [0.3, 0.4) is 0 Å². The summed E-state index contributed by atoms with van der Waals surface area (Å²) in [6.45, 7) is 10.2. The molecule has 0 aromatic heterocycles. The molecule has 0 aromatic rings. The molecule has 2 rings (SSSR count). The fraction of sp³-hybridized carbons (Fsp3) is 0.818. The van der Waals surface area contributed by atoms with Crippen molar-refractivity contribution in [3.63, 3.8) is 0 Å². The average molecular weight is 165 g/mol. The summed E-state index contributed by atoms with van der Waals surface area (Å²) in [6, 6.07) is 0. The van der Waals surface area contributed by atoms with E-state index < -0.39 is 0 Å². The Labute approximate surface area is 75.4 Å². The molecule has 2 bridgehead atoms. The van der Waals surface area contributed by atoms with Crippen LogP contribution in [-0.4, -0.2) is 24.5 Å². The van der Waals surface area contributed by atoms with Gasteiger partial charge in [0.15, 0.2) is 0 Å². The minimum Gasteiger partial charge on any atom is -0.303 e. The highest BCUT2D eigenvalue weighted by Crippen LogP contribution is 2.34. The zero-order valence-electron chi connectivity index (χ0n) is 8.00. The van der Waals surface area contributed by atoms with Crippen LogP contribution in [0.1, 0.15) is 19.8 Å². The maximum Gasteiger partial charge on any atom is 0.00154 e. The lowest BCUT2D eigenvalue weighted by Crippen LogP contribution is -2.35. The minimum atomic E-state index is 0.716. The van der Waals surface area contributed by atoms with Gasteiger partial charge in [-0.2, -0.15) is 0 Å². The maximum absolute atomic E-state index is 3.89. The molecule has 0 radical (unpaired) electrons. The number of hydrogen-bond acceptors (Lipinski definition) is 1. The molecule has 0 aromatic carbocycles. The van der Waals surface area contributed by atoms with Gasteiger partial charge in [0, 0.05) is 13.1 Å². The van der Waals surface area contributed by atoms with Gasteiger partial charge < -0.3 is 4.90 Å². The highest BCUT2D eigenvalue weighted by atomic mass is 15.2. The molecule has 0 spiro atoms. The molecule has 2 saturated heterocycles. The first-order valence-corrected chi connectivity index (χ1v) is 5.14. The van der Waals surface area contributed by atoms with Crippen molar-refractivity contribution in [2.75, 3.05) is 19.6 Å². The zero-order chi connectivity index (χ0) is 8.55. The number of fused-ring (bicyclic) bond motifs is 2. The summed E-state index contributed by atoms with van der Waals surface area (Å²) in [4.78, 5) is 2.62. The van der Waals surface area contributed by atoms with Crippen molar-refractivity contribution >= 4 is 0 Å². The monoisotopic (exact) mass is 165 g/mol. The largest absolute Gasteiger partial charge is 0.303 e. The van der Waals surface area contributed by atoms with E-state index in [-0.39, 0.29) is 0 Å². The summed E-state index contributed by atoms with van der Waals surface area (Å²) < 4.78 is 0. The van der Waals surface area contributed by atoms with Gasteiger partial charge >= 0.3 is 0 Å². The van der Waals surface area contributed by atoms with Gasteiger partial charge in [0.2, 0.25) is 0 Å². The smallest absolute Gasteiger partial charge is 0.00154 e. The van der Waals surface area contributed by atoms with Crippen LogP contribution in [0.4, 0.5) is 0 Å². The number of allylic oxidation sites excluding steroid dienone is 1. The Hall–Kier alpha value is -0.300. The fourth-order valence-corrected chi connectivity index (χ4v) is 2.68. The predicted octanol–water partition coefficient (Wildman–Crippen LogP) is 2.15. The van der Waals surface area contributed by atoms with Gasteiger partial charge in [0.05, 0.1) is 0 Å². The normalized spacial score (nSPS) is 42.6. The maximum atomic E-state index is 3.89. The molecule has 68 valence electrons. The van der Waals surface area contributed by atoms with Gasteiger partial charge in [-0.25, -0.2) is 0 Å². The summed E-state index contributed by atoms with van der Waals surface area (Å²) in [5.41, 5.74) is 0. The molecule has 2 fully saturated rings. The van der Waals surface area contributed by atoms with E-state index in [1.54, 1.807) is 0 Å². The first kappa shape index (κ1) is 8.31. The van der Waals surface area contributed by atoms with Crippen molar-refractivity contribution in [2.24, 2.45) is 17.8 Å². The standard InChI is InChI=1S/C11H19N/c1-3-9(2)11-6-10-4-5-12(7-10)8-11/h3,9-11H,1,4-8H2,2H3. The van der Waals surface area contributed by atoms with Gasteiger partial charge in [0.25, 0.3) is 0 Å². The van der Waals surface area contributed by atoms with E-state index in [9.17, 15) is 0 Å². The molecule has 12 heavy (non-hydrogen) atoms. The number of piperidine rings is 1. The Balaban J connectivity index is 1.97. The third-order valence-corrected chi connectivity index (χ3v) is 3.61. The van der Waals surface area contributed by atoms with Crippen LogP contribution in [0.25, 0.3) is 0 Å². The van der Waals surface area contributed by atoms with Crippen LogP contribution >= 0.6 is 0 Å². The van der Waals surface area contributed by atoms with Crippen molar-refractivity contribution in [1.29, 1.82) is 0 Å². The van der Waals surface area contributed by atoms with E-state index in [0.717, 1.165) is 11.8 Å². The molecule has 0 aliphatic carbocycles. The molecule has 4 atom stereocenters. The zero-order valence-corrected chi connectivity index (χ0v) is 8.00. The Morgan fingerprint density at radius 2 is 2.33 bits per heavy atom. The Bertz CT molecular complexity index is 164. The van der Waals surface area contributed by atoms with E-state index >= 15 is 0 Å². The second-order valence-electron chi connectivity index (χ2n) is 4.50. The van der Waals surface area contributed by atoms with Crippen LogP contribution in [0.15, 0.2) is 12.7 Å². The van der Waals surface area contributed by atoms with E-state index in [2.05, 4.69) is 24.5 Å². The van der Waals surface area contributed by atoms with Gasteiger partial charge in [-0.05, 0) is 37.1 Å². The summed E-state index contributed by atoms with van der Waals surface area (Å²) >= 11 is 0. The molecule has 4 unspecified atom stereocenters. The molecule has 2 aliphatic heterocycles. The summed E-state index contributed by atoms with van der Waals surface area (Å²) in [5, 5.41) is 0. The third kappa shape index (κ3) is 1.42. The van der Waals surface area contributed by atoms with Crippen LogP contribution in [-0.2, 0) is 0 Å². The lowest BCUT2D eigenvalue weighted by molar-refractivity contribution is 0.175. The fourth-order valence-electron chi connectivity index (χ4n) is 2.68. The summed E-state index contributed by atoms with van der Waals surface area (Å²) in [6.07, 6.45) is 5.01. The van der Waals surface area contributed by atoms with Crippen molar-refractivity contribution in [1.82, 2.24) is 4.90 Å². The lowest BCUT2D eigenvalue weighted by atomic mass is 9.83. The molecule has 2 aliphatic rings. The van der Waals surface area contributed by atoms with Crippen molar-refractivity contribution in [3.05, 3.63) is 12.7 Å². The van der Waals surface area contributed by atoms with E-state index in [4.69, 9.17) is 0 Å². The second kappa shape index (κ2) is 3.21. The molecule has 2 heterocycles. The average Bonchev–Trinajstić information content (AvgIpc) is 2.44. The van der Waals surface area contributed by atoms with Crippen molar-refractivity contribution in [3.8, 4) is 0 Å².